The molecular formula is C17H15Cl2NO2. The van der Waals surface area contributed by atoms with Crippen LogP contribution in [0.25, 0.3) is 6.08 Å². The lowest BCUT2D eigenvalue weighted by molar-refractivity contribution is 0.141. The number of nitrogens with one attached hydrogen (secondary N) is 1. The van der Waals surface area contributed by atoms with Gasteiger partial charge in [0, 0.05) is 6.54 Å². The highest BCUT2D eigenvalue weighted by atomic mass is 35.5. The summed E-state index contributed by atoms with van der Waals surface area (Å²) in [6.07, 6.45) is 3.20. The zero-order chi connectivity index (χ0) is 15.8. The topological polar surface area (TPSA) is 38.3 Å². The Kier molecular flexibility index (Phi) is 6.31. The highest BCUT2D eigenvalue weighted by Crippen LogP contribution is 2.22. The van der Waals surface area contributed by atoms with E-state index in [1.165, 1.54) is 0 Å². The van der Waals surface area contributed by atoms with Crippen LogP contribution in [0.5, 0.6) is 0 Å². The first kappa shape index (κ1) is 16.4. The number of benzene rings is 2. The molecule has 22 heavy (non-hydrogen) atoms. The second kappa shape index (κ2) is 8.47. The molecule has 5 heteroatoms. The third kappa shape index (κ3) is 5.43. The SMILES string of the molecule is O=C(NCC=Cc1ccc(Cl)c(Cl)c1)OCc1ccccc1. The first-order chi connectivity index (χ1) is 10.6. The van der Waals surface area contributed by atoms with Crippen molar-refractivity contribution in [1.29, 1.82) is 0 Å². The van der Waals surface area contributed by atoms with Crippen LogP contribution in [0.1, 0.15) is 11.1 Å². The molecule has 0 fully saturated rings. The van der Waals surface area contributed by atoms with Gasteiger partial charge in [0.15, 0.2) is 0 Å². The molecular weight excluding hydrogens is 321 g/mol. The van der Waals surface area contributed by atoms with E-state index in [2.05, 4.69) is 5.32 Å². The zero-order valence-corrected chi connectivity index (χ0v) is 13.3. The van der Waals surface area contributed by atoms with Gasteiger partial charge in [0.25, 0.3) is 0 Å². The Hall–Kier alpha value is -1.97. The summed E-state index contributed by atoms with van der Waals surface area (Å²) in [4.78, 5) is 11.5. The molecule has 0 heterocycles. The predicted octanol–water partition coefficient (Wildman–Crippen LogP) is 4.93. The molecule has 2 aromatic carbocycles. The van der Waals surface area contributed by atoms with Crippen molar-refractivity contribution in [2.45, 2.75) is 6.61 Å². The van der Waals surface area contributed by atoms with Gasteiger partial charge in [-0.1, -0.05) is 71.8 Å². The summed E-state index contributed by atoms with van der Waals surface area (Å²) < 4.78 is 5.09. The Morgan fingerprint density at radius 2 is 1.86 bits per heavy atom. The smallest absolute Gasteiger partial charge is 0.407 e. The molecule has 114 valence electrons. The zero-order valence-electron chi connectivity index (χ0n) is 11.8. The van der Waals surface area contributed by atoms with Crippen molar-refractivity contribution in [3.8, 4) is 0 Å². The molecule has 1 amide bonds. The van der Waals surface area contributed by atoms with Gasteiger partial charge < -0.3 is 10.1 Å². The standard InChI is InChI=1S/C17H15Cl2NO2/c18-15-9-8-13(11-16(15)19)7-4-10-20-17(21)22-12-14-5-2-1-3-6-14/h1-9,11H,10,12H2,(H,20,21). The molecule has 2 aromatic rings. The first-order valence-corrected chi connectivity index (χ1v) is 7.47. The van der Waals surface area contributed by atoms with E-state index in [4.69, 9.17) is 27.9 Å². The summed E-state index contributed by atoms with van der Waals surface area (Å²) in [5.74, 6) is 0. The maximum absolute atomic E-state index is 11.5. The summed E-state index contributed by atoms with van der Waals surface area (Å²) >= 11 is 11.8. The molecule has 0 spiro atoms. The van der Waals surface area contributed by atoms with Crippen molar-refractivity contribution in [3.63, 3.8) is 0 Å². The molecule has 1 N–H and O–H groups in total. The van der Waals surface area contributed by atoms with Gasteiger partial charge >= 0.3 is 6.09 Å². The largest absolute Gasteiger partial charge is 0.445 e. The Morgan fingerprint density at radius 3 is 2.59 bits per heavy atom. The van der Waals surface area contributed by atoms with E-state index in [-0.39, 0.29) is 6.61 Å². The minimum Gasteiger partial charge on any atom is -0.445 e. The number of ether oxygens (including phenoxy) is 1. The van der Waals surface area contributed by atoms with Gasteiger partial charge in [0.05, 0.1) is 10.0 Å². The van der Waals surface area contributed by atoms with Crippen molar-refractivity contribution >= 4 is 35.4 Å². The maximum Gasteiger partial charge on any atom is 0.407 e. The molecule has 0 aliphatic carbocycles. The fourth-order valence-corrected chi connectivity index (χ4v) is 2.03. The minimum absolute atomic E-state index is 0.253. The highest BCUT2D eigenvalue weighted by Gasteiger charge is 2.00. The average Bonchev–Trinajstić information content (AvgIpc) is 2.54. The van der Waals surface area contributed by atoms with Crippen molar-refractivity contribution in [1.82, 2.24) is 5.32 Å². The van der Waals surface area contributed by atoms with Crippen molar-refractivity contribution in [3.05, 3.63) is 75.8 Å². The van der Waals surface area contributed by atoms with Crippen LogP contribution in [0.2, 0.25) is 10.0 Å². The van der Waals surface area contributed by atoms with Crippen molar-refractivity contribution < 1.29 is 9.53 Å². The van der Waals surface area contributed by atoms with E-state index in [0.717, 1.165) is 11.1 Å². The molecule has 0 aromatic heterocycles. The quantitative estimate of drug-likeness (QED) is 0.840. The molecule has 2 rings (SSSR count). The van der Waals surface area contributed by atoms with Crippen LogP contribution in [-0.2, 0) is 11.3 Å². The fraction of sp³-hybridized carbons (Fsp3) is 0.118. The summed E-state index contributed by atoms with van der Waals surface area (Å²) in [6, 6.07) is 14.8. The van der Waals surface area contributed by atoms with E-state index < -0.39 is 6.09 Å². The van der Waals surface area contributed by atoms with Gasteiger partial charge in [-0.05, 0) is 23.3 Å². The molecule has 0 radical (unpaired) electrons. The lowest BCUT2D eigenvalue weighted by atomic mass is 10.2. The normalized spacial score (nSPS) is 10.6. The molecule has 0 atom stereocenters. The number of carbonyl (C=O) groups is 1. The Morgan fingerprint density at radius 1 is 1.09 bits per heavy atom. The van der Waals surface area contributed by atoms with Crippen LogP contribution in [0, 0.1) is 0 Å². The molecule has 0 saturated heterocycles. The molecule has 3 nitrogen and oxygen atoms in total. The van der Waals surface area contributed by atoms with E-state index in [0.29, 0.717) is 16.6 Å². The van der Waals surface area contributed by atoms with Gasteiger partial charge in [-0.15, -0.1) is 0 Å². The Balaban J connectivity index is 1.72. The lowest BCUT2D eigenvalue weighted by Gasteiger charge is -2.05. The second-order valence-corrected chi connectivity index (χ2v) is 5.33. The number of halogens is 2. The third-order valence-corrected chi connectivity index (χ3v) is 3.57. The number of alkyl carbamates (subject to hydrolysis) is 1. The summed E-state index contributed by atoms with van der Waals surface area (Å²) in [6.45, 7) is 0.622. The molecule has 0 aliphatic rings. The molecule has 0 aliphatic heterocycles. The van der Waals surface area contributed by atoms with Crippen LogP contribution in [0.4, 0.5) is 4.79 Å². The molecule has 0 bridgehead atoms. The van der Waals surface area contributed by atoms with E-state index in [1.807, 2.05) is 48.6 Å². The number of amides is 1. The maximum atomic E-state index is 11.5. The van der Waals surface area contributed by atoms with Crippen molar-refractivity contribution in [2.24, 2.45) is 0 Å². The third-order valence-electron chi connectivity index (χ3n) is 2.83. The molecule has 0 saturated carbocycles. The summed E-state index contributed by atoms with van der Waals surface area (Å²) in [5.41, 5.74) is 1.86. The van der Waals surface area contributed by atoms with Gasteiger partial charge in [-0.3, -0.25) is 0 Å². The fourth-order valence-electron chi connectivity index (χ4n) is 1.73. The van der Waals surface area contributed by atoms with Gasteiger partial charge in [0.1, 0.15) is 6.61 Å². The number of hydrogen-bond donors (Lipinski definition) is 1. The number of rotatable bonds is 5. The Labute approximate surface area is 139 Å². The number of hydrogen-bond acceptors (Lipinski definition) is 2. The van der Waals surface area contributed by atoms with Crippen LogP contribution in [0.15, 0.2) is 54.6 Å². The van der Waals surface area contributed by atoms with Gasteiger partial charge in [0.2, 0.25) is 0 Å². The van der Waals surface area contributed by atoms with Gasteiger partial charge in [-0.25, -0.2) is 4.79 Å². The summed E-state index contributed by atoms with van der Waals surface area (Å²) in [5, 5.41) is 3.66. The Bertz CT molecular complexity index is 657. The van der Waals surface area contributed by atoms with E-state index in [1.54, 1.807) is 12.1 Å². The highest BCUT2D eigenvalue weighted by molar-refractivity contribution is 6.42. The van der Waals surface area contributed by atoms with Crippen LogP contribution in [-0.4, -0.2) is 12.6 Å². The second-order valence-electron chi connectivity index (χ2n) is 4.52. The minimum atomic E-state index is -0.456. The van der Waals surface area contributed by atoms with Crippen molar-refractivity contribution in [2.75, 3.05) is 6.54 Å². The lowest BCUT2D eigenvalue weighted by Crippen LogP contribution is -2.24. The van der Waals surface area contributed by atoms with Gasteiger partial charge in [-0.2, -0.15) is 0 Å². The van der Waals surface area contributed by atoms with Crippen LogP contribution in [0.3, 0.4) is 0 Å². The van der Waals surface area contributed by atoms with Crippen LogP contribution >= 0.6 is 23.2 Å². The average molecular weight is 336 g/mol. The number of carbonyl (C=O) groups excluding carboxylic acids is 1. The van der Waals surface area contributed by atoms with E-state index >= 15 is 0 Å². The summed E-state index contributed by atoms with van der Waals surface area (Å²) in [7, 11) is 0. The monoisotopic (exact) mass is 335 g/mol. The molecule has 0 unspecified atom stereocenters. The van der Waals surface area contributed by atoms with Crippen LogP contribution < -0.4 is 5.32 Å². The van der Waals surface area contributed by atoms with E-state index in [9.17, 15) is 4.79 Å². The predicted molar refractivity (Wildman–Crippen MR) is 90.1 cm³/mol. The first-order valence-electron chi connectivity index (χ1n) is 6.71.